The minimum atomic E-state index is -0.695. The van der Waals surface area contributed by atoms with E-state index in [-0.39, 0.29) is 17.9 Å². The van der Waals surface area contributed by atoms with Crippen LogP contribution in [-0.2, 0) is 9.53 Å². The standard InChI is InChI=1S/C44H44N6O3/c1-29(2)40(49-44(52)53-3)43(51)50-24-12-21-39(50)42-46-28-38(48-42)35-23-22-31(15-9-10-20-36-27-45-41(47-36)32-16-7-8-17-32)37(26-35)34-19-11-18-33(25-34)30-13-5-4-6-14-30/h4-6,11,13-14,18-19,22-23,25-29,32,39-40H,7-8,12,16-17,21,24H2,1-3H3,(H,45,47)(H,46,48)(H,49,52)/t39-,40-/m0/s1. The van der Waals surface area contributed by atoms with Gasteiger partial charge >= 0.3 is 6.09 Å². The number of methoxy groups -OCH3 is 1. The molecule has 2 fully saturated rings. The van der Waals surface area contributed by atoms with Crippen molar-refractivity contribution in [2.45, 2.75) is 70.4 Å². The van der Waals surface area contributed by atoms with E-state index in [4.69, 9.17) is 9.72 Å². The van der Waals surface area contributed by atoms with Gasteiger partial charge < -0.3 is 24.9 Å². The number of nitrogens with zero attached hydrogens (tertiary/aromatic N) is 3. The number of nitrogens with one attached hydrogen (secondary N) is 3. The van der Waals surface area contributed by atoms with Gasteiger partial charge in [-0.25, -0.2) is 14.8 Å². The summed E-state index contributed by atoms with van der Waals surface area (Å²) in [6, 6.07) is 24.1. The molecular weight excluding hydrogens is 661 g/mol. The van der Waals surface area contributed by atoms with Gasteiger partial charge in [-0.2, -0.15) is 0 Å². The van der Waals surface area contributed by atoms with Crippen molar-refractivity contribution < 1.29 is 14.3 Å². The van der Waals surface area contributed by atoms with Crippen molar-refractivity contribution in [1.82, 2.24) is 30.2 Å². The summed E-state index contributed by atoms with van der Waals surface area (Å²) in [7, 11) is 1.30. The quantitative estimate of drug-likeness (QED) is 0.141. The molecule has 0 radical (unpaired) electrons. The second-order valence-corrected chi connectivity index (χ2v) is 14.1. The van der Waals surface area contributed by atoms with Crippen molar-refractivity contribution in [2.24, 2.45) is 5.92 Å². The molecule has 5 aromatic rings. The maximum Gasteiger partial charge on any atom is 0.407 e. The molecule has 9 nitrogen and oxygen atoms in total. The van der Waals surface area contributed by atoms with Crippen LogP contribution < -0.4 is 5.32 Å². The number of carbonyl (C=O) groups excluding carboxylic acids is 2. The Bertz CT molecular complexity index is 2210. The molecule has 3 N–H and O–H groups in total. The van der Waals surface area contributed by atoms with Gasteiger partial charge in [-0.05, 0) is 89.8 Å². The Hall–Kier alpha value is -6.06. The van der Waals surface area contributed by atoms with Gasteiger partial charge in [-0.15, -0.1) is 0 Å². The zero-order chi connectivity index (χ0) is 36.7. The van der Waals surface area contributed by atoms with E-state index in [0.29, 0.717) is 18.3 Å². The molecule has 1 saturated heterocycles. The van der Waals surface area contributed by atoms with E-state index in [1.807, 2.05) is 55.3 Å². The maximum absolute atomic E-state index is 13.7. The van der Waals surface area contributed by atoms with E-state index in [1.165, 1.54) is 32.8 Å². The highest BCUT2D eigenvalue weighted by Crippen LogP contribution is 2.35. The van der Waals surface area contributed by atoms with Crippen LogP contribution in [0.4, 0.5) is 4.79 Å². The van der Waals surface area contributed by atoms with Gasteiger partial charge in [-0.3, -0.25) is 4.79 Å². The average molecular weight is 705 g/mol. The lowest BCUT2D eigenvalue weighted by molar-refractivity contribution is -0.135. The number of ether oxygens (including phenoxy) is 1. The predicted octanol–water partition coefficient (Wildman–Crippen LogP) is 8.24. The highest BCUT2D eigenvalue weighted by molar-refractivity contribution is 5.86. The third-order valence-corrected chi connectivity index (χ3v) is 10.2. The van der Waals surface area contributed by atoms with Gasteiger partial charge in [-0.1, -0.05) is 87.2 Å². The lowest BCUT2D eigenvalue weighted by Crippen LogP contribution is -2.51. The molecule has 2 aliphatic rings. The van der Waals surface area contributed by atoms with Crippen molar-refractivity contribution in [2.75, 3.05) is 13.7 Å². The lowest BCUT2D eigenvalue weighted by atomic mass is 9.94. The number of alkyl carbamates (subject to hydrolysis) is 1. The number of hydrogen-bond donors (Lipinski definition) is 3. The summed E-state index contributed by atoms with van der Waals surface area (Å²) >= 11 is 0. The van der Waals surface area contributed by atoms with Gasteiger partial charge in [0.1, 0.15) is 23.4 Å². The van der Waals surface area contributed by atoms with Crippen LogP contribution in [0.15, 0.2) is 85.2 Å². The fourth-order valence-electron chi connectivity index (χ4n) is 7.41. The smallest absolute Gasteiger partial charge is 0.407 e. The van der Waals surface area contributed by atoms with Gasteiger partial charge in [0, 0.05) is 23.6 Å². The summed E-state index contributed by atoms with van der Waals surface area (Å²) in [4.78, 5) is 43.8. The molecule has 3 aromatic carbocycles. The molecular formula is C44H44N6O3. The third kappa shape index (κ3) is 8.05. The number of likely N-dealkylation sites (tertiary alicyclic amines) is 1. The van der Waals surface area contributed by atoms with Crippen LogP contribution >= 0.6 is 0 Å². The van der Waals surface area contributed by atoms with Crippen LogP contribution in [-0.4, -0.2) is 56.5 Å². The molecule has 3 heterocycles. The number of imidazole rings is 2. The Labute approximate surface area is 311 Å². The van der Waals surface area contributed by atoms with E-state index in [2.05, 4.69) is 86.4 Å². The van der Waals surface area contributed by atoms with Crippen molar-refractivity contribution in [3.8, 4) is 57.2 Å². The van der Waals surface area contributed by atoms with Crippen molar-refractivity contribution in [3.63, 3.8) is 0 Å². The molecule has 53 heavy (non-hydrogen) atoms. The van der Waals surface area contributed by atoms with E-state index in [0.717, 1.165) is 63.4 Å². The molecule has 0 unspecified atom stereocenters. The second-order valence-electron chi connectivity index (χ2n) is 14.1. The fourth-order valence-corrected chi connectivity index (χ4v) is 7.41. The Morgan fingerprint density at radius 1 is 0.811 bits per heavy atom. The number of H-pyrrole nitrogens is 2. The monoisotopic (exact) mass is 704 g/mol. The van der Waals surface area contributed by atoms with E-state index < -0.39 is 12.1 Å². The number of hydrogen-bond acceptors (Lipinski definition) is 5. The first-order chi connectivity index (χ1) is 25.9. The summed E-state index contributed by atoms with van der Waals surface area (Å²) in [5.74, 6) is 14.6. The number of aromatic nitrogens is 4. The molecule has 0 bridgehead atoms. The van der Waals surface area contributed by atoms with Crippen LogP contribution in [0, 0.1) is 29.6 Å². The Balaban J connectivity index is 1.19. The molecule has 1 aliphatic carbocycles. The van der Waals surface area contributed by atoms with Gasteiger partial charge in [0.2, 0.25) is 5.91 Å². The van der Waals surface area contributed by atoms with Gasteiger partial charge in [0.15, 0.2) is 0 Å². The van der Waals surface area contributed by atoms with Crippen molar-refractivity contribution in [3.05, 3.63) is 108 Å². The summed E-state index contributed by atoms with van der Waals surface area (Å²) in [6.45, 7) is 4.41. The van der Waals surface area contributed by atoms with E-state index in [9.17, 15) is 9.59 Å². The zero-order valence-corrected chi connectivity index (χ0v) is 30.4. The first-order valence-electron chi connectivity index (χ1n) is 18.4. The Morgan fingerprint density at radius 2 is 1.57 bits per heavy atom. The first kappa shape index (κ1) is 35.3. The number of aromatic amines is 2. The molecule has 1 aliphatic heterocycles. The minimum Gasteiger partial charge on any atom is -0.453 e. The normalized spacial score (nSPS) is 16.1. The number of rotatable bonds is 8. The van der Waals surface area contributed by atoms with Crippen LogP contribution in [0.1, 0.15) is 87.2 Å². The maximum atomic E-state index is 13.7. The van der Waals surface area contributed by atoms with Gasteiger partial charge in [0.25, 0.3) is 0 Å². The molecule has 2 amide bonds. The molecule has 1 saturated carbocycles. The van der Waals surface area contributed by atoms with Crippen LogP contribution in [0.2, 0.25) is 0 Å². The van der Waals surface area contributed by atoms with Crippen LogP contribution in [0.25, 0.3) is 33.5 Å². The topological polar surface area (TPSA) is 116 Å². The minimum absolute atomic E-state index is 0.110. The van der Waals surface area contributed by atoms with Crippen molar-refractivity contribution in [1.29, 1.82) is 0 Å². The predicted molar refractivity (Wildman–Crippen MR) is 206 cm³/mol. The lowest BCUT2D eigenvalue weighted by Gasteiger charge is -2.30. The summed E-state index contributed by atoms with van der Waals surface area (Å²) in [5.41, 5.74) is 7.67. The van der Waals surface area contributed by atoms with Crippen molar-refractivity contribution >= 4 is 12.0 Å². The first-order valence-corrected chi connectivity index (χ1v) is 18.4. The number of amides is 2. The number of benzene rings is 3. The largest absolute Gasteiger partial charge is 0.453 e. The molecule has 9 heteroatoms. The highest BCUT2D eigenvalue weighted by Gasteiger charge is 2.37. The molecule has 2 atom stereocenters. The Kier molecular flexibility index (Phi) is 10.7. The zero-order valence-electron chi connectivity index (χ0n) is 30.4. The summed E-state index contributed by atoms with van der Waals surface area (Å²) in [6.07, 6.45) is 9.49. The molecule has 268 valence electrons. The summed E-state index contributed by atoms with van der Waals surface area (Å²) < 4.78 is 4.79. The SMILES string of the molecule is COC(=O)N[C@H](C(=O)N1CCC[C@H]1c1ncc(-c2ccc(C#CC#Cc3cnc(C4CCCC4)[nH]3)c(-c3cccc(-c4ccccc4)c3)c2)[nH]1)C(C)C. The second kappa shape index (κ2) is 16.1. The van der Waals surface area contributed by atoms with Crippen LogP contribution in [0.3, 0.4) is 0 Å². The highest BCUT2D eigenvalue weighted by atomic mass is 16.5. The van der Waals surface area contributed by atoms with E-state index >= 15 is 0 Å². The molecule has 0 spiro atoms. The number of carbonyl (C=O) groups is 2. The van der Waals surface area contributed by atoms with Gasteiger partial charge in [0.05, 0.1) is 31.2 Å². The fraction of sp³-hybridized carbons (Fsp3) is 0.318. The third-order valence-electron chi connectivity index (χ3n) is 10.2. The van der Waals surface area contributed by atoms with Crippen LogP contribution in [0.5, 0.6) is 0 Å². The average Bonchev–Trinajstić information content (AvgIpc) is 4.03. The summed E-state index contributed by atoms with van der Waals surface area (Å²) in [5, 5.41) is 2.72. The molecule has 7 rings (SSSR count). The molecule has 2 aromatic heterocycles. The Morgan fingerprint density at radius 3 is 2.36 bits per heavy atom. The van der Waals surface area contributed by atoms with E-state index in [1.54, 1.807) is 6.20 Å².